The van der Waals surface area contributed by atoms with E-state index in [9.17, 15) is 9.59 Å². The lowest BCUT2D eigenvalue weighted by Crippen LogP contribution is -2.29. The molecule has 3 aliphatic rings. The van der Waals surface area contributed by atoms with E-state index in [1.54, 1.807) is 0 Å². The minimum atomic E-state index is -0.250. The summed E-state index contributed by atoms with van der Waals surface area (Å²) in [7, 11) is 0. The van der Waals surface area contributed by atoms with Crippen molar-refractivity contribution in [2.24, 2.45) is 5.92 Å². The third-order valence-electron chi connectivity index (χ3n) is 6.04. The molecule has 1 saturated carbocycles. The maximum Gasteiger partial charge on any atom is 0.229 e. The molecule has 7 nitrogen and oxygen atoms in total. The second kappa shape index (κ2) is 7.04. The molecule has 2 aliphatic heterocycles. The second-order valence-electron chi connectivity index (χ2n) is 8.15. The van der Waals surface area contributed by atoms with Crippen molar-refractivity contribution in [3.8, 4) is 11.4 Å². The molecule has 2 fully saturated rings. The topological polar surface area (TPSA) is 80.1 Å². The zero-order valence-electron chi connectivity index (χ0n) is 15.9. The molecule has 7 heteroatoms. The molecular formula is C21H25N5O2. The molecule has 3 heterocycles. The van der Waals surface area contributed by atoms with E-state index in [-0.39, 0.29) is 17.7 Å². The minimum Gasteiger partial charge on any atom is -0.339 e. The highest BCUT2D eigenvalue weighted by Gasteiger charge is 2.41. The molecule has 1 saturated heterocycles. The van der Waals surface area contributed by atoms with Crippen LogP contribution in [0.4, 0.5) is 5.69 Å². The predicted molar refractivity (Wildman–Crippen MR) is 104 cm³/mol. The molecule has 1 atom stereocenters. The Kier molecular flexibility index (Phi) is 4.37. The molecule has 28 heavy (non-hydrogen) atoms. The van der Waals surface area contributed by atoms with E-state index in [1.807, 2.05) is 29.2 Å². The number of likely N-dealkylation sites (tertiary alicyclic amines) is 1. The summed E-state index contributed by atoms with van der Waals surface area (Å²) in [4.78, 5) is 26.5. The number of aryl methyl sites for hydroxylation is 1. The van der Waals surface area contributed by atoms with Gasteiger partial charge in [0.25, 0.3) is 0 Å². The number of carbonyl (C=O) groups is 2. The normalized spacial score (nSPS) is 22.1. The summed E-state index contributed by atoms with van der Waals surface area (Å²) in [5, 5.41) is 11.7. The summed E-state index contributed by atoms with van der Waals surface area (Å²) in [6, 6.07) is 8.15. The highest BCUT2D eigenvalue weighted by Crippen LogP contribution is 2.33. The van der Waals surface area contributed by atoms with E-state index in [2.05, 4.69) is 20.1 Å². The van der Waals surface area contributed by atoms with Crippen molar-refractivity contribution >= 4 is 17.5 Å². The van der Waals surface area contributed by atoms with Gasteiger partial charge in [-0.25, -0.2) is 0 Å². The number of benzene rings is 1. The maximum absolute atomic E-state index is 12.6. The summed E-state index contributed by atoms with van der Waals surface area (Å²) in [6.07, 6.45) is 7.03. The van der Waals surface area contributed by atoms with Crippen LogP contribution in [0.1, 0.15) is 44.3 Å². The van der Waals surface area contributed by atoms with Gasteiger partial charge in [-0.3, -0.25) is 9.59 Å². The quantitative estimate of drug-likeness (QED) is 0.886. The minimum absolute atomic E-state index is 0.0689. The fourth-order valence-corrected chi connectivity index (χ4v) is 4.29. The molecule has 0 radical (unpaired) electrons. The highest BCUT2D eigenvalue weighted by atomic mass is 16.2. The zero-order chi connectivity index (χ0) is 19.1. The van der Waals surface area contributed by atoms with E-state index in [1.165, 1.54) is 12.8 Å². The maximum atomic E-state index is 12.6. The van der Waals surface area contributed by atoms with Gasteiger partial charge in [-0.15, -0.1) is 10.2 Å². The van der Waals surface area contributed by atoms with Crippen LogP contribution in [-0.2, 0) is 22.6 Å². The summed E-state index contributed by atoms with van der Waals surface area (Å²) < 4.78 is 2.22. The van der Waals surface area contributed by atoms with Gasteiger partial charge in [-0.2, -0.15) is 0 Å². The molecule has 0 unspecified atom stereocenters. The molecule has 2 amide bonds. The molecular weight excluding hydrogens is 354 g/mol. The van der Waals surface area contributed by atoms with Crippen LogP contribution in [0.3, 0.4) is 0 Å². The fraction of sp³-hybridized carbons (Fsp3) is 0.524. The monoisotopic (exact) mass is 379 g/mol. The molecule has 2 aromatic rings. The summed E-state index contributed by atoms with van der Waals surface area (Å²) >= 11 is 0. The van der Waals surface area contributed by atoms with Crippen molar-refractivity contribution in [3.05, 3.63) is 30.1 Å². The lowest BCUT2D eigenvalue weighted by atomic mass is 10.1. The number of aromatic nitrogens is 3. The lowest BCUT2D eigenvalue weighted by molar-refractivity contribution is -0.128. The Morgan fingerprint density at radius 2 is 1.89 bits per heavy atom. The predicted octanol–water partition coefficient (Wildman–Crippen LogP) is 2.62. The van der Waals surface area contributed by atoms with Crippen molar-refractivity contribution in [2.75, 3.05) is 11.9 Å². The Hall–Kier alpha value is -2.70. The number of anilines is 1. The van der Waals surface area contributed by atoms with E-state index in [0.29, 0.717) is 19.0 Å². The Bertz CT molecular complexity index is 900. The van der Waals surface area contributed by atoms with Crippen LogP contribution in [0, 0.1) is 5.92 Å². The number of rotatable bonds is 4. The smallest absolute Gasteiger partial charge is 0.229 e. The third-order valence-corrected chi connectivity index (χ3v) is 6.04. The summed E-state index contributed by atoms with van der Waals surface area (Å²) in [6.45, 7) is 1.52. The third kappa shape index (κ3) is 3.30. The Morgan fingerprint density at radius 3 is 2.68 bits per heavy atom. The number of nitrogens with zero attached hydrogens (tertiary/aromatic N) is 4. The molecule has 5 rings (SSSR count). The van der Waals surface area contributed by atoms with E-state index >= 15 is 0 Å². The van der Waals surface area contributed by atoms with Crippen molar-refractivity contribution < 1.29 is 9.59 Å². The molecule has 1 aromatic carbocycles. The van der Waals surface area contributed by atoms with Gasteiger partial charge in [0.1, 0.15) is 5.82 Å². The average molecular weight is 379 g/mol. The van der Waals surface area contributed by atoms with E-state index < -0.39 is 0 Å². The van der Waals surface area contributed by atoms with Crippen LogP contribution < -0.4 is 5.32 Å². The number of nitrogens with one attached hydrogen (secondary N) is 1. The molecule has 146 valence electrons. The van der Waals surface area contributed by atoms with Crippen LogP contribution in [-0.4, -0.2) is 44.1 Å². The first-order valence-corrected chi connectivity index (χ1v) is 10.3. The van der Waals surface area contributed by atoms with E-state index in [4.69, 9.17) is 0 Å². The van der Waals surface area contributed by atoms with Gasteiger partial charge < -0.3 is 14.8 Å². The van der Waals surface area contributed by atoms with Crippen LogP contribution in [0.5, 0.6) is 0 Å². The van der Waals surface area contributed by atoms with Gasteiger partial charge in [-0.05, 0) is 49.9 Å². The first kappa shape index (κ1) is 17.4. The average Bonchev–Trinajstić information content (AvgIpc) is 3.42. The highest BCUT2D eigenvalue weighted by molar-refractivity contribution is 5.97. The van der Waals surface area contributed by atoms with Crippen molar-refractivity contribution in [2.45, 2.75) is 57.5 Å². The first-order valence-electron chi connectivity index (χ1n) is 10.3. The Morgan fingerprint density at radius 1 is 1.07 bits per heavy atom. The van der Waals surface area contributed by atoms with Crippen LogP contribution in [0.25, 0.3) is 11.4 Å². The fourth-order valence-electron chi connectivity index (χ4n) is 4.29. The Balaban J connectivity index is 1.26. The van der Waals surface area contributed by atoms with Gasteiger partial charge >= 0.3 is 0 Å². The zero-order valence-corrected chi connectivity index (χ0v) is 15.9. The lowest BCUT2D eigenvalue weighted by Gasteiger charge is -2.15. The van der Waals surface area contributed by atoms with Crippen LogP contribution in [0.15, 0.2) is 24.3 Å². The standard InChI is InChI=1S/C21H25N5O2/c27-19-12-15(13-26(19)17-9-10-17)21(28)22-16-7-5-14(6-8-16)20-24-23-18-4-2-1-3-11-25(18)20/h5-8,15,17H,1-4,9-13H2,(H,22,28)/t15-/m0/s1. The van der Waals surface area contributed by atoms with Crippen molar-refractivity contribution in [1.29, 1.82) is 0 Å². The van der Waals surface area contributed by atoms with Gasteiger partial charge in [0.05, 0.1) is 5.92 Å². The number of amides is 2. The number of hydrogen-bond acceptors (Lipinski definition) is 4. The Labute approximate surface area is 164 Å². The second-order valence-corrected chi connectivity index (χ2v) is 8.15. The first-order chi connectivity index (χ1) is 13.7. The van der Waals surface area contributed by atoms with Gasteiger partial charge in [0, 0.05) is 43.2 Å². The SMILES string of the molecule is O=C(Nc1ccc(-c2nnc3n2CCCCC3)cc1)[C@H]1CC(=O)N(C2CC2)C1. The largest absolute Gasteiger partial charge is 0.339 e. The van der Waals surface area contributed by atoms with Crippen LogP contribution in [0.2, 0.25) is 0 Å². The molecule has 0 bridgehead atoms. The van der Waals surface area contributed by atoms with Gasteiger partial charge in [-0.1, -0.05) is 6.42 Å². The number of hydrogen-bond donors (Lipinski definition) is 1. The molecule has 1 aliphatic carbocycles. The summed E-state index contributed by atoms with van der Waals surface area (Å²) in [5.41, 5.74) is 1.76. The molecule has 0 spiro atoms. The molecule has 1 aromatic heterocycles. The van der Waals surface area contributed by atoms with Crippen molar-refractivity contribution in [1.82, 2.24) is 19.7 Å². The number of fused-ring (bicyclic) bond motifs is 1. The van der Waals surface area contributed by atoms with Crippen LogP contribution >= 0.6 is 0 Å². The number of carbonyl (C=O) groups excluding carboxylic acids is 2. The summed E-state index contributed by atoms with van der Waals surface area (Å²) in [5.74, 6) is 1.76. The van der Waals surface area contributed by atoms with Gasteiger partial charge in [0.2, 0.25) is 11.8 Å². The molecule has 1 N–H and O–H groups in total. The van der Waals surface area contributed by atoms with E-state index in [0.717, 1.165) is 55.1 Å². The van der Waals surface area contributed by atoms with Crippen molar-refractivity contribution in [3.63, 3.8) is 0 Å². The van der Waals surface area contributed by atoms with Gasteiger partial charge in [0.15, 0.2) is 5.82 Å².